The molecule has 1 atom stereocenters. The van der Waals surface area contributed by atoms with E-state index in [1.807, 2.05) is 0 Å². The van der Waals surface area contributed by atoms with Gasteiger partial charge in [0.15, 0.2) is 6.10 Å². The third-order valence-electron chi connectivity index (χ3n) is 4.78. The number of methoxy groups -OCH3 is 1. The quantitative estimate of drug-likeness (QED) is 0.835. The smallest absolute Gasteiger partial charge is 0.255 e. The molecule has 1 aliphatic rings. The van der Waals surface area contributed by atoms with E-state index >= 15 is 0 Å². The van der Waals surface area contributed by atoms with Gasteiger partial charge < -0.3 is 19.6 Å². The fraction of sp³-hybridized carbons (Fsp3) is 0.611. The molecular weight excluding hydrogens is 292 g/mol. The molecule has 0 bridgehead atoms. The molecule has 0 saturated heterocycles. The molecule has 1 unspecified atom stereocenters. The summed E-state index contributed by atoms with van der Waals surface area (Å²) < 4.78 is 5.09. The van der Waals surface area contributed by atoms with Crippen LogP contribution in [-0.4, -0.2) is 61.2 Å². The fourth-order valence-electron chi connectivity index (χ4n) is 3.08. The summed E-state index contributed by atoms with van der Waals surface area (Å²) in [6, 6.07) is 7.59. The number of rotatable bonds is 7. The standard InChI is InChI=1S/C18H28N2O3/c1-19(15-6-4-5-7-15)12-13-20(2)18(22)17(21)14-8-10-16(23-3)11-9-14/h8-11,15,17,21H,4-7,12-13H2,1-3H3. The van der Waals surface area contributed by atoms with Gasteiger partial charge in [0.1, 0.15) is 5.75 Å². The summed E-state index contributed by atoms with van der Waals surface area (Å²) in [5.74, 6) is 0.440. The fourth-order valence-corrected chi connectivity index (χ4v) is 3.08. The zero-order chi connectivity index (χ0) is 16.8. The van der Waals surface area contributed by atoms with Crippen LogP contribution in [0.25, 0.3) is 0 Å². The summed E-state index contributed by atoms with van der Waals surface area (Å²) >= 11 is 0. The van der Waals surface area contributed by atoms with Crippen molar-refractivity contribution in [3.8, 4) is 5.75 Å². The summed E-state index contributed by atoms with van der Waals surface area (Å²) in [5.41, 5.74) is 0.590. The number of nitrogens with zero attached hydrogens (tertiary/aromatic N) is 2. The lowest BCUT2D eigenvalue weighted by Gasteiger charge is -2.27. The van der Waals surface area contributed by atoms with Crippen molar-refractivity contribution in [2.24, 2.45) is 0 Å². The number of carbonyl (C=O) groups excluding carboxylic acids is 1. The van der Waals surface area contributed by atoms with Gasteiger partial charge in [-0.2, -0.15) is 0 Å². The van der Waals surface area contributed by atoms with Crippen molar-refractivity contribution in [3.63, 3.8) is 0 Å². The van der Waals surface area contributed by atoms with E-state index in [4.69, 9.17) is 4.74 Å². The third-order valence-corrected chi connectivity index (χ3v) is 4.78. The lowest BCUT2D eigenvalue weighted by molar-refractivity contribution is -0.139. The van der Waals surface area contributed by atoms with Crippen LogP contribution >= 0.6 is 0 Å². The number of likely N-dealkylation sites (N-methyl/N-ethyl adjacent to an activating group) is 2. The Morgan fingerprint density at radius 2 is 1.83 bits per heavy atom. The lowest BCUT2D eigenvalue weighted by Crippen LogP contribution is -2.40. The minimum absolute atomic E-state index is 0.269. The number of amides is 1. The number of aliphatic hydroxyl groups is 1. The predicted octanol–water partition coefficient (Wildman–Crippen LogP) is 2.06. The zero-order valence-corrected chi connectivity index (χ0v) is 14.4. The van der Waals surface area contributed by atoms with Crippen molar-refractivity contribution in [3.05, 3.63) is 29.8 Å². The third kappa shape index (κ3) is 4.69. The molecule has 1 N–H and O–H groups in total. The van der Waals surface area contributed by atoms with Crippen molar-refractivity contribution in [2.75, 3.05) is 34.3 Å². The Morgan fingerprint density at radius 3 is 2.39 bits per heavy atom. The van der Waals surface area contributed by atoms with Crippen molar-refractivity contribution < 1.29 is 14.6 Å². The Hall–Kier alpha value is -1.59. The van der Waals surface area contributed by atoms with Gasteiger partial charge in [-0.3, -0.25) is 4.79 Å². The lowest BCUT2D eigenvalue weighted by atomic mass is 10.1. The van der Waals surface area contributed by atoms with Crippen LogP contribution in [0.3, 0.4) is 0 Å². The van der Waals surface area contributed by atoms with E-state index in [0.717, 1.165) is 6.54 Å². The van der Waals surface area contributed by atoms with Crippen LogP contribution < -0.4 is 4.74 Å². The molecule has 0 aliphatic heterocycles. The Bertz CT molecular complexity index is 497. The van der Waals surface area contributed by atoms with Gasteiger partial charge in [-0.1, -0.05) is 25.0 Å². The second kappa shape index (κ2) is 8.31. The van der Waals surface area contributed by atoms with E-state index < -0.39 is 6.10 Å². The number of ether oxygens (including phenoxy) is 1. The number of aliphatic hydroxyl groups excluding tert-OH is 1. The largest absolute Gasteiger partial charge is 0.497 e. The van der Waals surface area contributed by atoms with Gasteiger partial charge >= 0.3 is 0 Å². The predicted molar refractivity (Wildman–Crippen MR) is 90.5 cm³/mol. The van der Waals surface area contributed by atoms with Crippen LogP contribution in [0.2, 0.25) is 0 Å². The number of hydrogen-bond donors (Lipinski definition) is 1. The number of benzene rings is 1. The monoisotopic (exact) mass is 320 g/mol. The average Bonchev–Trinajstić information content (AvgIpc) is 3.12. The minimum atomic E-state index is -1.12. The van der Waals surface area contributed by atoms with Crippen LogP contribution in [-0.2, 0) is 4.79 Å². The first-order chi connectivity index (χ1) is 11.0. The second-order valence-electron chi connectivity index (χ2n) is 6.35. The van der Waals surface area contributed by atoms with Gasteiger partial charge in [0, 0.05) is 26.2 Å². The van der Waals surface area contributed by atoms with E-state index in [2.05, 4.69) is 11.9 Å². The Morgan fingerprint density at radius 1 is 1.22 bits per heavy atom. The molecule has 0 heterocycles. The van der Waals surface area contributed by atoms with E-state index in [0.29, 0.717) is 23.9 Å². The first-order valence-corrected chi connectivity index (χ1v) is 8.30. The minimum Gasteiger partial charge on any atom is -0.497 e. The van der Waals surface area contributed by atoms with Crippen molar-refractivity contribution in [1.82, 2.24) is 9.80 Å². The molecule has 0 radical (unpaired) electrons. The second-order valence-corrected chi connectivity index (χ2v) is 6.35. The highest BCUT2D eigenvalue weighted by Gasteiger charge is 2.23. The average molecular weight is 320 g/mol. The van der Waals surface area contributed by atoms with Gasteiger partial charge in [-0.25, -0.2) is 0 Å². The topological polar surface area (TPSA) is 53.0 Å². The highest BCUT2D eigenvalue weighted by Crippen LogP contribution is 2.22. The Kier molecular flexibility index (Phi) is 6.42. The van der Waals surface area contributed by atoms with E-state index in [1.165, 1.54) is 25.7 Å². The van der Waals surface area contributed by atoms with Crippen LogP contribution in [0.4, 0.5) is 0 Å². The van der Waals surface area contributed by atoms with E-state index in [-0.39, 0.29) is 5.91 Å². The highest BCUT2D eigenvalue weighted by molar-refractivity contribution is 5.81. The zero-order valence-electron chi connectivity index (χ0n) is 14.4. The maximum absolute atomic E-state index is 12.4. The van der Waals surface area contributed by atoms with Crippen LogP contribution in [0, 0.1) is 0 Å². The van der Waals surface area contributed by atoms with Crippen LogP contribution in [0.5, 0.6) is 5.75 Å². The molecule has 1 aromatic carbocycles. The molecular formula is C18H28N2O3. The molecule has 1 fully saturated rings. The number of hydrogen-bond acceptors (Lipinski definition) is 4. The van der Waals surface area contributed by atoms with Crippen LogP contribution in [0.15, 0.2) is 24.3 Å². The highest BCUT2D eigenvalue weighted by atomic mass is 16.5. The molecule has 0 aromatic heterocycles. The van der Waals surface area contributed by atoms with E-state index in [1.54, 1.807) is 43.3 Å². The molecule has 1 aromatic rings. The molecule has 5 nitrogen and oxygen atoms in total. The SMILES string of the molecule is COc1ccc(C(O)C(=O)N(C)CCN(C)C2CCCC2)cc1. The van der Waals surface area contributed by atoms with Crippen LogP contribution in [0.1, 0.15) is 37.4 Å². The van der Waals surface area contributed by atoms with E-state index in [9.17, 15) is 9.90 Å². The van der Waals surface area contributed by atoms with Crippen molar-refractivity contribution in [2.45, 2.75) is 37.8 Å². The molecule has 1 aliphatic carbocycles. The Balaban J connectivity index is 1.84. The number of carbonyl (C=O) groups is 1. The van der Waals surface area contributed by atoms with Gasteiger partial charge in [-0.15, -0.1) is 0 Å². The first-order valence-electron chi connectivity index (χ1n) is 8.30. The maximum Gasteiger partial charge on any atom is 0.255 e. The summed E-state index contributed by atoms with van der Waals surface area (Å²) in [7, 11) is 5.46. The summed E-state index contributed by atoms with van der Waals surface area (Å²) in [5, 5.41) is 10.3. The van der Waals surface area contributed by atoms with Gasteiger partial charge in [0.2, 0.25) is 0 Å². The van der Waals surface area contributed by atoms with Gasteiger partial charge in [0.05, 0.1) is 7.11 Å². The molecule has 0 spiro atoms. The summed E-state index contributed by atoms with van der Waals surface area (Å²) in [6.45, 7) is 1.46. The van der Waals surface area contributed by atoms with Gasteiger partial charge in [0.25, 0.3) is 5.91 Å². The normalized spacial score (nSPS) is 16.6. The molecule has 1 amide bonds. The first kappa shape index (κ1) is 17.8. The molecule has 1 saturated carbocycles. The summed E-state index contributed by atoms with van der Waals surface area (Å²) in [6.07, 6.45) is 3.99. The summed E-state index contributed by atoms with van der Waals surface area (Å²) in [4.78, 5) is 16.3. The molecule has 23 heavy (non-hydrogen) atoms. The maximum atomic E-state index is 12.4. The van der Waals surface area contributed by atoms with Crippen molar-refractivity contribution >= 4 is 5.91 Å². The Labute approximate surface area is 138 Å². The van der Waals surface area contributed by atoms with Crippen molar-refractivity contribution in [1.29, 1.82) is 0 Å². The van der Waals surface area contributed by atoms with Gasteiger partial charge in [-0.05, 0) is 37.6 Å². The molecule has 5 heteroatoms. The molecule has 128 valence electrons. The molecule has 2 rings (SSSR count).